The van der Waals surface area contributed by atoms with Crippen molar-refractivity contribution in [1.29, 1.82) is 0 Å². The van der Waals surface area contributed by atoms with Gasteiger partial charge in [0.25, 0.3) is 0 Å². The fourth-order valence-corrected chi connectivity index (χ4v) is 11.6. The van der Waals surface area contributed by atoms with Gasteiger partial charge in [-0.25, -0.2) is 0 Å². The second-order valence-electron chi connectivity index (χ2n) is 18.2. The predicted molar refractivity (Wildman–Crippen MR) is 287 cm³/mol. The monoisotopic (exact) mass is 872 g/mol. The number of rotatable bonds is 5. The van der Waals surface area contributed by atoms with Crippen LogP contribution in [-0.4, -0.2) is 23.2 Å². The second-order valence-corrected chi connectivity index (χ2v) is 18.2. The summed E-state index contributed by atoms with van der Waals surface area (Å²) in [7, 11) is 6.39. The van der Waals surface area contributed by atoms with Gasteiger partial charge in [0.05, 0.1) is 16.4 Å². The van der Waals surface area contributed by atoms with E-state index in [-0.39, 0.29) is 5.41 Å². The van der Waals surface area contributed by atoms with Crippen LogP contribution in [0.2, 0.25) is 0 Å². The molecule has 2 aliphatic rings. The number of aryl methyl sites for hydroxylation is 1. The van der Waals surface area contributed by atoms with Crippen LogP contribution in [0.25, 0.3) is 71.6 Å². The van der Waals surface area contributed by atoms with E-state index in [0.717, 1.165) is 0 Å². The van der Waals surface area contributed by atoms with E-state index in [2.05, 4.69) is 271 Å². The fraction of sp³-hybridized carbons (Fsp3) is 0.0625. The van der Waals surface area contributed by atoms with Gasteiger partial charge in [0.2, 0.25) is 0 Å². The molecule has 0 saturated carbocycles. The molecule has 0 unspecified atom stereocenters. The molecule has 0 fully saturated rings. The van der Waals surface area contributed by atoms with Crippen LogP contribution >= 0.6 is 0 Å². The predicted octanol–water partition coefficient (Wildman–Crippen LogP) is 16.0. The molecule has 12 aromatic rings. The van der Waals surface area contributed by atoms with E-state index in [0.29, 0.717) is 0 Å². The molecule has 2 heterocycles. The molecular formula is C64H48N4. The zero-order chi connectivity index (χ0) is 45.5. The molecule has 324 valence electrons. The number of fused-ring (bicyclic) bond motifs is 16. The van der Waals surface area contributed by atoms with E-state index < -0.39 is 0 Å². The van der Waals surface area contributed by atoms with Crippen molar-refractivity contribution in [1.82, 2.24) is 9.13 Å². The van der Waals surface area contributed by atoms with Crippen molar-refractivity contribution in [3.05, 3.63) is 259 Å². The molecular weight excluding hydrogens is 825 g/mol. The van der Waals surface area contributed by atoms with Gasteiger partial charge in [-0.15, -0.1) is 0 Å². The van der Waals surface area contributed by atoms with Crippen molar-refractivity contribution in [3.63, 3.8) is 0 Å². The van der Waals surface area contributed by atoms with E-state index in [1.54, 1.807) is 0 Å². The Labute approximate surface area is 396 Å². The maximum Gasteiger partial charge on any atom is 0.0726 e. The van der Waals surface area contributed by atoms with Crippen LogP contribution in [0.3, 0.4) is 0 Å². The molecule has 4 heteroatoms. The first kappa shape index (κ1) is 39.7. The van der Waals surface area contributed by atoms with Crippen molar-refractivity contribution in [2.45, 2.75) is 5.41 Å². The highest BCUT2D eigenvalue weighted by atomic mass is 15.1. The fourth-order valence-electron chi connectivity index (χ4n) is 11.6. The lowest BCUT2D eigenvalue weighted by atomic mass is 9.70. The Bertz CT molecular complexity index is 3850. The first-order valence-corrected chi connectivity index (χ1v) is 23.5. The van der Waals surface area contributed by atoms with Crippen LogP contribution in [0.4, 0.5) is 22.7 Å². The Morgan fingerprint density at radius 3 is 1.26 bits per heavy atom. The van der Waals surface area contributed by atoms with Crippen molar-refractivity contribution in [3.8, 4) is 27.9 Å². The van der Waals surface area contributed by atoms with Crippen molar-refractivity contribution < 1.29 is 0 Å². The van der Waals surface area contributed by atoms with Gasteiger partial charge in [0, 0.05) is 82.2 Å². The Balaban J connectivity index is 0.000000174. The minimum Gasteiger partial charge on any atom is -0.345 e. The lowest BCUT2D eigenvalue weighted by Gasteiger charge is -2.30. The summed E-state index contributed by atoms with van der Waals surface area (Å²) in [6, 6.07) is 86.2. The lowest BCUT2D eigenvalue weighted by molar-refractivity contribution is 0.792. The normalized spacial score (nSPS) is 12.8. The Morgan fingerprint density at radius 2 is 0.706 bits per heavy atom. The molecule has 0 saturated heterocycles. The maximum absolute atomic E-state index is 2.48. The molecule has 0 N–H and O–H groups in total. The van der Waals surface area contributed by atoms with E-state index in [1.165, 1.54) is 117 Å². The summed E-state index contributed by atoms with van der Waals surface area (Å²) in [6.07, 6.45) is 0. The number of benzene rings is 10. The van der Waals surface area contributed by atoms with Crippen molar-refractivity contribution in [2.24, 2.45) is 7.05 Å². The van der Waals surface area contributed by atoms with Gasteiger partial charge in [0.1, 0.15) is 0 Å². The second kappa shape index (κ2) is 15.5. The third-order valence-electron chi connectivity index (χ3n) is 14.9. The molecule has 1 spiro atoms. The van der Waals surface area contributed by atoms with Gasteiger partial charge in [-0.1, -0.05) is 152 Å². The van der Waals surface area contributed by atoms with E-state index in [9.17, 15) is 0 Å². The topological polar surface area (TPSA) is 16.3 Å². The van der Waals surface area contributed by atoms with Crippen LogP contribution in [0.5, 0.6) is 0 Å². The van der Waals surface area contributed by atoms with Crippen LogP contribution in [0, 0.1) is 0 Å². The smallest absolute Gasteiger partial charge is 0.0726 e. The van der Waals surface area contributed by atoms with Gasteiger partial charge in [-0.2, -0.15) is 0 Å². The molecule has 0 atom stereocenters. The first-order valence-electron chi connectivity index (χ1n) is 23.5. The molecule has 4 nitrogen and oxygen atoms in total. The van der Waals surface area contributed by atoms with Gasteiger partial charge in [-0.3, -0.25) is 0 Å². The van der Waals surface area contributed by atoms with Gasteiger partial charge >= 0.3 is 0 Å². The van der Waals surface area contributed by atoms with Crippen LogP contribution < -0.4 is 9.80 Å². The van der Waals surface area contributed by atoms with Crippen molar-refractivity contribution in [2.75, 3.05) is 23.9 Å². The number of hydrogen-bond donors (Lipinski definition) is 0. The van der Waals surface area contributed by atoms with Crippen molar-refractivity contribution >= 4 is 66.4 Å². The number of anilines is 4. The summed E-state index contributed by atoms with van der Waals surface area (Å²) in [5.41, 5.74) is 21.3. The number of para-hydroxylation sites is 4. The van der Waals surface area contributed by atoms with Crippen LogP contribution in [0.15, 0.2) is 237 Å². The Morgan fingerprint density at radius 1 is 0.309 bits per heavy atom. The standard InChI is InChI=1S/C44H30N2.C20H18N2/c1-45(29-13-3-2-4-14-29)30-24-26-43-37(27-30)36-18-8-12-22-42(36)46(43)31-23-25-35-34-17-7-11-21-40(34)44(41(35)28-31)38-19-9-5-15-32(38)33-16-6-10-20-39(33)44;1-21(15-8-4-3-5-9-15)16-12-13-20-18(14-16)17-10-6-7-11-19(17)22(20)2/h2-28H,1H3;3-14H,1-2H3. The third-order valence-corrected chi connectivity index (χ3v) is 14.9. The molecule has 0 radical (unpaired) electrons. The molecule has 10 aromatic carbocycles. The van der Waals surface area contributed by atoms with E-state index in [4.69, 9.17) is 0 Å². The Kier molecular flexibility index (Phi) is 9.06. The lowest BCUT2D eigenvalue weighted by Crippen LogP contribution is -2.26. The van der Waals surface area contributed by atoms with Crippen LogP contribution in [-0.2, 0) is 12.5 Å². The SMILES string of the molecule is CN(c1ccccc1)c1ccc2c(c1)c1ccccc1n2-c1ccc2c(c1)C1(c3ccccc3-c3ccccc31)c1ccccc1-2.CN(c1ccccc1)c1ccc2c(c1)c1ccccc1n2C. The zero-order valence-corrected chi connectivity index (χ0v) is 38.3. The minimum atomic E-state index is -0.362. The summed E-state index contributed by atoms with van der Waals surface area (Å²) in [6.45, 7) is 0. The summed E-state index contributed by atoms with van der Waals surface area (Å²) >= 11 is 0. The zero-order valence-electron chi connectivity index (χ0n) is 38.3. The van der Waals surface area contributed by atoms with Crippen LogP contribution in [0.1, 0.15) is 22.3 Å². The van der Waals surface area contributed by atoms with E-state index >= 15 is 0 Å². The number of hydrogen-bond acceptors (Lipinski definition) is 2. The highest BCUT2D eigenvalue weighted by molar-refractivity contribution is 6.11. The average molecular weight is 873 g/mol. The van der Waals surface area contributed by atoms with Gasteiger partial charge in [-0.05, 0) is 129 Å². The average Bonchev–Trinajstić information content (AvgIpc) is 4.10. The molecule has 0 amide bonds. The third kappa shape index (κ3) is 5.80. The Hall–Kier alpha value is -8.60. The molecule has 0 bridgehead atoms. The van der Waals surface area contributed by atoms with Gasteiger partial charge < -0.3 is 18.9 Å². The van der Waals surface area contributed by atoms with E-state index in [1.807, 2.05) is 6.07 Å². The van der Waals surface area contributed by atoms with Gasteiger partial charge in [0.15, 0.2) is 0 Å². The summed E-state index contributed by atoms with van der Waals surface area (Å²) in [4.78, 5) is 4.48. The number of aromatic nitrogens is 2. The highest BCUT2D eigenvalue weighted by Crippen LogP contribution is 2.63. The molecule has 14 rings (SSSR count). The molecule has 2 aromatic heterocycles. The summed E-state index contributed by atoms with van der Waals surface area (Å²) in [5.74, 6) is 0. The highest BCUT2D eigenvalue weighted by Gasteiger charge is 2.51. The number of nitrogens with zero attached hydrogens (tertiary/aromatic N) is 4. The molecule has 0 aliphatic heterocycles. The quantitative estimate of drug-likeness (QED) is 0.171. The summed E-state index contributed by atoms with van der Waals surface area (Å²) < 4.78 is 4.72. The molecule has 68 heavy (non-hydrogen) atoms. The largest absolute Gasteiger partial charge is 0.345 e. The first-order chi connectivity index (χ1) is 33.5. The molecule has 2 aliphatic carbocycles. The minimum absolute atomic E-state index is 0.362. The summed E-state index contributed by atoms with van der Waals surface area (Å²) in [5, 5.41) is 5.13. The maximum atomic E-state index is 2.48.